The van der Waals surface area contributed by atoms with Crippen LogP contribution in [0.4, 0.5) is 0 Å². The topological polar surface area (TPSA) is 128 Å². The number of ether oxygens (including phenoxy) is 3. The average Bonchev–Trinajstić information content (AvgIpc) is 2.82. The number of carboxylic acids is 1. The first kappa shape index (κ1) is 31.1. The Morgan fingerprint density at radius 2 is 1.44 bits per heavy atom. The third-order valence-corrected chi connectivity index (χ3v) is 5.69. The van der Waals surface area contributed by atoms with Crippen LogP contribution in [0.5, 0.6) is 11.5 Å². The molecule has 9 heteroatoms. The number of nitrogens with one attached hydrogen (secondary N) is 1. The number of hydrogen-bond donors (Lipinski definition) is 2. The molecule has 0 aliphatic rings. The zero-order valence-corrected chi connectivity index (χ0v) is 22.3. The van der Waals surface area contributed by atoms with Crippen LogP contribution < -0.4 is 14.8 Å². The van der Waals surface area contributed by atoms with Crippen LogP contribution in [0.2, 0.25) is 0 Å². The molecule has 0 saturated heterocycles. The zero-order chi connectivity index (χ0) is 27.3. The van der Waals surface area contributed by atoms with E-state index in [4.69, 9.17) is 14.2 Å². The number of carbonyl (C=O) groups excluding carboxylic acids is 3. The molecule has 1 aromatic carbocycles. The number of benzene rings is 1. The van der Waals surface area contributed by atoms with E-state index in [1.54, 1.807) is 33.8 Å². The maximum atomic E-state index is 12.6. The maximum Gasteiger partial charge on any atom is 0.321 e. The van der Waals surface area contributed by atoms with Gasteiger partial charge in [-0.15, -0.1) is 0 Å². The maximum absolute atomic E-state index is 12.6. The summed E-state index contributed by atoms with van der Waals surface area (Å²) < 4.78 is 16.3. The Morgan fingerprint density at radius 3 is 1.94 bits per heavy atom. The quantitative estimate of drug-likeness (QED) is 0.249. The minimum absolute atomic E-state index is 0.0688. The Labute approximate surface area is 213 Å². The van der Waals surface area contributed by atoms with Crippen LogP contribution in [0.15, 0.2) is 18.2 Å². The van der Waals surface area contributed by atoms with E-state index >= 15 is 0 Å². The Bertz CT molecular complexity index is 885. The minimum Gasteiger partial charge on any atom is -0.480 e. The molecule has 0 radical (unpaired) electrons. The molecule has 0 aliphatic heterocycles. The molecule has 0 heterocycles. The van der Waals surface area contributed by atoms with E-state index in [1.807, 2.05) is 13.8 Å². The van der Waals surface area contributed by atoms with Gasteiger partial charge in [-0.25, -0.2) is 0 Å². The Balaban J connectivity index is 3.10. The van der Waals surface area contributed by atoms with E-state index in [-0.39, 0.29) is 48.7 Å². The minimum atomic E-state index is -1.08. The first-order valence-electron chi connectivity index (χ1n) is 12.7. The number of hydrogen-bond acceptors (Lipinski definition) is 8. The molecule has 0 bridgehead atoms. The van der Waals surface area contributed by atoms with Gasteiger partial charge in [0.2, 0.25) is 0 Å². The van der Waals surface area contributed by atoms with Crippen molar-refractivity contribution in [2.24, 2.45) is 11.8 Å². The van der Waals surface area contributed by atoms with Gasteiger partial charge >= 0.3 is 23.9 Å². The summed E-state index contributed by atoms with van der Waals surface area (Å²) in [5.41, 5.74) is 0.570. The van der Waals surface area contributed by atoms with E-state index in [0.717, 1.165) is 12.8 Å². The first-order chi connectivity index (χ1) is 17.0. The fourth-order valence-corrected chi connectivity index (χ4v) is 3.50. The third-order valence-electron chi connectivity index (χ3n) is 5.69. The number of aliphatic carboxylic acids is 1. The monoisotopic (exact) mass is 507 g/mol. The lowest BCUT2D eigenvalue weighted by Gasteiger charge is -2.20. The van der Waals surface area contributed by atoms with Gasteiger partial charge in [0.1, 0.15) is 12.1 Å². The second-order valence-corrected chi connectivity index (χ2v) is 9.16. The van der Waals surface area contributed by atoms with E-state index in [9.17, 15) is 24.3 Å². The van der Waals surface area contributed by atoms with Gasteiger partial charge in [0.25, 0.3) is 0 Å². The van der Waals surface area contributed by atoms with Gasteiger partial charge in [-0.2, -0.15) is 0 Å². The molecule has 202 valence electrons. The molecule has 2 N–H and O–H groups in total. The van der Waals surface area contributed by atoms with E-state index in [2.05, 4.69) is 5.32 Å². The van der Waals surface area contributed by atoms with Crippen LogP contribution in [0.1, 0.15) is 79.2 Å². The lowest BCUT2D eigenvalue weighted by molar-refractivity contribution is -0.147. The van der Waals surface area contributed by atoms with Gasteiger partial charge in [0, 0.05) is 13.0 Å². The van der Waals surface area contributed by atoms with Crippen molar-refractivity contribution in [2.45, 2.75) is 92.2 Å². The molecule has 9 nitrogen and oxygen atoms in total. The Hall–Kier alpha value is -2.94. The second-order valence-electron chi connectivity index (χ2n) is 9.16. The fourth-order valence-electron chi connectivity index (χ4n) is 3.50. The zero-order valence-electron chi connectivity index (χ0n) is 22.3. The summed E-state index contributed by atoms with van der Waals surface area (Å²) in [6.07, 6.45) is 2.75. The predicted molar refractivity (Wildman–Crippen MR) is 135 cm³/mol. The van der Waals surface area contributed by atoms with E-state index < -0.39 is 30.1 Å². The SMILES string of the molecule is CCCC(C)C(=O)Oc1ccc(C[C@H](NCC(C)OC(=O)CC)C(=O)O)cc1OC(=O)C(C)CCC. The van der Waals surface area contributed by atoms with Crippen molar-refractivity contribution in [2.75, 3.05) is 6.54 Å². The molecule has 1 rings (SSSR count). The summed E-state index contributed by atoms with van der Waals surface area (Å²) in [5, 5.41) is 12.6. The van der Waals surface area contributed by atoms with Gasteiger partial charge in [0.05, 0.1) is 11.8 Å². The molecule has 0 fully saturated rings. The number of rotatable bonds is 16. The molecule has 3 unspecified atom stereocenters. The summed E-state index contributed by atoms with van der Waals surface area (Å²) in [4.78, 5) is 48.4. The Kier molecular flexibility index (Phi) is 13.8. The molecular weight excluding hydrogens is 466 g/mol. The van der Waals surface area contributed by atoms with Crippen molar-refractivity contribution in [3.63, 3.8) is 0 Å². The molecule has 1 aromatic rings. The van der Waals surface area contributed by atoms with E-state index in [1.165, 1.54) is 12.1 Å². The summed E-state index contributed by atoms with van der Waals surface area (Å²) in [7, 11) is 0. The molecule has 4 atom stereocenters. The lowest BCUT2D eigenvalue weighted by Crippen LogP contribution is -2.42. The van der Waals surface area contributed by atoms with Gasteiger partial charge < -0.3 is 24.6 Å². The molecule has 0 aromatic heterocycles. The summed E-state index contributed by atoms with van der Waals surface area (Å²) >= 11 is 0. The average molecular weight is 508 g/mol. The van der Waals surface area contributed by atoms with E-state index in [0.29, 0.717) is 18.4 Å². The highest BCUT2D eigenvalue weighted by Gasteiger charge is 2.23. The second kappa shape index (κ2) is 15.9. The third kappa shape index (κ3) is 10.8. The van der Waals surface area contributed by atoms with Crippen LogP contribution >= 0.6 is 0 Å². The number of esters is 3. The highest BCUT2D eigenvalue weighted by molar-refractivity contribution is 5.78. The standard InChI is InChI=1S/C27H41NO8/c1-7-10-17(4)26(32)35-22-13-12-20(15-23(22)36-27(33)18(5)11-8-2)14-21(25(30)31)28-16-19(6)34-24(29)9-3/h12-13,15,17-19,21,28H,7-11,14,16H2,1-6H3,(H,30,31)/t17?,18?,19?,21-/m0/s1. The fraction of sp³-hybridized carbons (Fsp3) is 0.630. The van der Waals surface area contributed by atoms with Crippen molar-refractivity contribution in [3.05, 3.63) is 23.8 Å². The van der Waals surface area contributed by atoms with Crippen LogP contribution in [-0.2, 0) is 30.3 Å². The van der Waals surface area contributed by atoms with Gasteiger partial charge in [-0.1, -0.05) is 53.5 Å². The van der Waals surface area contributed by atoms with Crippen molar-refractivity contribution in [3.8, 4) is 11.5 Å². The molecule has 0 amide bonds. The van der Waals surface area contributed by atoms with Gasteiger partial charge in [-0.3, -0.25) is 19.2 Å². The van der Waals surface area contributed by atoms with Crippen molar-refractivity contribution < 1.29 is 38.5 Å². The summed E-state index contributed by atoms with van der Waals surface area (Å²) in [6, 6.07) is 3.71. The molecular formula is C27H41NO8. The molecule has 0 aliphatic carbocycles. The van der Waals surface area contributed by atoms with Gasteiger partial charge in [-0.05, 0) is 43.9 Å². The highest BCUT2D eigenvalue weighted by atomic mass is 16.6. The predicted octanol–water partition coefficient (Wildman–Crippen LogP) is 4.30. The lowest BCUT2D eigenvalue weighted by atomic mass is 10.0. The summed E-state index contributed by atoms with van der Waals surface area (Å²) in [5.74, 6) is -2.79. The number of carboxylic acid groups (broad SMARTS) is 1. The van der Waals surface area contributed by atoms with Crippen LogP contribution in [0.3, 0.4) is 0 Å². The normalized spacial score (nSPS) is 14.3. The van der Waals surface area contributed by atoms with Crippen LogP contribution in [0.25, 0.3) is 0 Å². The molecule has 0 saturated carbocycles. The van der Waals surface area contributed by atoms with Crippen LogP contribution in [0, 0.1) is 11.8 Å². The van der Waals surface area contributed by atoms with Crippen molar-refractivity contribution in [1.82, 2.24) is 5.32 Å². The Morgan fingerprint density at radius 1 is 0.889 bits per heavy atom. The van der Waals surface area contributed by atoms with Gasteiger partial charge in [0.15, 0.2) is 11.5 Å². The van der Waals surface area contributed by atoms with Crippen LogP contribution in [-0.4, -0.2) is 47.7 Å². The highest BCUT2D eigenvalue weighted by Crippen LogP contribution is 2.31. The van der Waals surface area contributed by atoms with Crippen molar-refractivity contribution >= 4 is 23.9 Å². The molecule has 0 spiro atoms. The summed E-state index contributed by atoms with van der Waals surface area (Å²) in [6.45, 7) is 11.0. The largest absolute Gasteiger partial charge is 0.480 e. The first-order valence-corrected chi connectivity index (χ1v) is 12.7. The van der Waals surface area contributed by atoms with Crippen molar-refractivity contribution in [1.29, 1.82) is 0 Å². The number of carbonyl (C=O) groups is 4. The smallest absolute Gasteiger partial charge is 0.321 e. The molecule has 36 heavy (non-hydrogen) atoms.